The van der Waals surface area contributed by atoms with Crippen LogP contribution in [0.3, 0.4) is 0 Å². The quantitative estimate of drug-likeness (QED) is 0.780. The second-order valence-electron chi connectivity index (χ2n) is 6.20. The molecule has 1 aromatic rings. The molecule has 104 valence electrons. The fourth-order valence-corrected chi connectivity index (χ4v) is 2.07. The zero-order valence-electron chi connectivity index (χ0n) is 12.9. The molecule has 0 aromatic heterocycles. The lowest BCUT2D eigenvalue weighted by Gasteiger charge is -2.32. The van der Waals surface area contributed by atoms with Crippen molar-refractivity contribution in [1.82, 2.24) is 0 Å². The molecule has 0 amide bonds. The van der Waals surface area contributed by atoms with Gasteiger partial charge in [-0.15, -0.1) is 0 Å². The molecule has 1 aromatic carbocycles. The van der Waals surface area contributed by atoms with Gasteiger partial charge >= 0.3 is 7.12 Å². The molecule has 0 bridgehead atoms. The van der Waals surface area contributed by atoms with Gasteiger partial charge in [0.25, 0.3) is 0 Å². The van der Waals surface area contributed by atoms with Crippen LogP contribution in [-0.2, 0) is 9.31 Å². The van der Waals surface area contributed by atoms with Gasteiger partial charge in [-0.25, -0.2) is 0 Å². The molecular weight excluding hydrogens is 237 g/mol. The molecule has 0 radical (unpaired) electrons. The predicted molar refractivity (Wildman–Crippen MR) is 81.1 cm³/mol. The summed E-state index contributed by atoms with van der Waals surface area (Å²) in [6.45, 7) is 11.4. The van der Waals surface area contributed by atoms with Crippen LogP contribution >= 0.6 is 0 Å². The van der Waals surface area contributed by atoms with Crippen LogP contribution in [0.2, 0.25) is 0 Å². The van der Waals surface area contributed by atoms with E-state index in [-0.39, 0.29) is 18.3 Å². The largest absolute Gasteiger partial charge is 0.494 e. The highest BCUT2D eigenvalue weighted by molar-refractivity contribution is 6.62. The lowest BCUT2D eigenvalue weighted by Crippen LogP contribution is -2.41. The van der Waals surface area contributed by atoms with Gasteiger partial charge in [0.15, 0.2) is 0 Å². The van der Waals surface area contributed by atoms with Crippen molar-refractivity contribution in [2.75, 3.05) is 18.5 Å². The first-order valence-corrected chi connectivity index (χ1v) is 6.93. The molecule has 0 saturated carbocycles. The summed E-state index contributed by atoms with van der Waals surface area (Å²) in [5, 5.41) is 0. The van der Waals surface area contributed by atoms with Crippen molar-refractivity contribution in [2.24, 2.45) is 0 Å². The zero-order valence-corrected chi connectivity index (χ0v) is 12.9. The molecule has 1 fully saturated rings. The first-order valence-electron chi connectivity index (χ1n) is 6.93. The molecule has 0 N–H and O–H groups in total. The number of anilines is 1. The Morgan fingerprint density at radius 3 is 2.21 bits per heavy atom. The SMILES string of the molecule is CCN(C)c1cccc(B2OC(C)(C)C(C)(C)O2)c1. The molecule has 1 saturated heterocycles. The van der Waals surface area contributed by atoms with Crippen LogP contribution < -0.4 is 10.4 Å². The van der Waals surface area contributed by atoms with E-state index in [1.165, 1.54) is 5.69 Å². The number of hydrogen-bond donors (Lipinski definition) is 0. The molecule has 0 atom stereocenters. The summed E-state index contributed by atoms with van der Waals surface area (Å²) in [5.74, 6) is 0. The van der Waals surface area contributed by atoms with Crippen LogP contribution in [0.25, 0.3) is 0 Å². The van der Waals surface area contributed by atoms with E-state index in [2.05, 4.69) is 70.8 Å². The van der Waals surface area contributed by atoms with Gasteiger partial charge in [0.1, 0.15) is 0 Å². The summed E-state index contributed by atoms with van der Waals surface area (Å²) in [6, 6.07) is 8.38. The third-order valence-electron chi connectivity index (χ3n) is 4.31. The van der Waals surface area contributed by atoms with Crippen molar-refractivity contribution < 1.29 is 9.31 Å². The minimum absolute atomic E-state index is 0.282. The van der Waals surface area contributed by atoms with E-state index in [0.717, 1.165) is 12.0 Å². The molecule has 2 rings (SSSR count). The Morgan fingerprint density at radius 1 is 1.11 bits per heavy atom. The van der Waals surface area contributed by atoms with Gasteiger partial charge < -0.3 is 14.2 Å². The summed E-state index contributed by atoms with van der Waals surface area (Å²) in [7, 11) is 1.80. The van der Waals surface area contributed by atoms with E-state index in [1.807, 2.05) is 0 Å². The Hall–Kier alpha value is -0.995. The van der Waals surface area contributed by atoms with E-state index >= 15 is 0 Å². The standard InChI is InChI=1S/C15H24BNO2/c1-7-17(6)13-10-8-9-12(11-13)16-18-14(2,3)15(4,5)19-16/h8-11H,7H2,1-6H3. The number of hydrogen-bond acceptors (Lipinski definition) is 3. The molecule has 0 aliphatic carbocycles. The summed E-state index contributed by atoms with van der Waals surface area (Å²) >= 11 is 0. The van der Waals surface area contributed by atoms with Crippen molar-refractivity contribution in [3.63, 3.8) is 0 Å². The lowest BCUT2D eigenvalue weighted by molar-refractivity contribution is 0.00578. The van der Waals surface area contributed by atoms with E-state index in [9.17, 15) is 0 Å². The Bertz CT molecular complexity index is 443. The number of nitrogens with zero attached hydrogens (tertiary/aromatic N) is 1. The topological polar surface area (TPSA) is 21.7 Å². The number of benzene rings is 1. The summed E-state index contributed by atoms with van der Waals surface area (Å²) in [4.78, 5) is 2.20. The highest BCUT2D eigenvalue weighted by Crippen LogP contribution is 2.36. The van der Waals surface area contributed by atoms with Crippen LogP contribution in [0.1, 0.15) is 34.6 Å². The van der Waals surface area contributed by atoms with Gasteiger partial charge in [-0.3, -0.25) is 0 Å². The Balaban J connectivity index is 2.25. The maximum atomic E-state index is 6.08. The van der Waals surface area contributed by atoms with E-state index in [1.54, 1.807) is 0 Å². The van der Waals surface area contributed by atoms with Crippen molar-refractivity contribution in [3.05, 3.63) is 24.3 Å². The summed E-state index contributed by atoms with van der Waals surface area (Å²) in [6.07, 6.45) is 0. The minimum atomic E-state index is -0.287. The van der Waals surface area contributed by atoms with Crippen molar-refractivity contribution in [2.45, 2.75) is 45.8 Å². The first-order chi connectivity index (χ1) is 8.77. The third-order valence-corrected chi connectivity index (χ3v) is 4.31. The van der Waals surface area contributed by atoms with E-state index in [4.69, 9.17) is 9.31 Å². The van der Waals surface area contributed by atoms with Crippen LogP contribution in [0.15, 0.2) is 24.3 Å². The lowest BCUT2D eigenvalue weighted by atomic mass is 9.79. The van der Waals surface area contributed by atoms with Crippen molar-refractivity contribution in [3.8, 4) is 0 Å². The second kappa shape index (κ2) is 4.84. The van der Waals surface area contributed by atoms with Crippen molar-refractivity contribution in [1.29, 1.82) is 0 Å². The molecule has 3 nitrogen and oxygen atoms in total. The normalized spacial score (nSPS) is 20.6. The molecule has 1 aliphatic heterocycles. The second-order valence-corrected chi connectivity index (χ2v) is 6.20. The van der Waals surface area contributed by atoms with Crippen LogP contribution in [0, 0.1) is 0 Å². The van der Waals surface area contributed by atoms with Crippen LogP contribution in [-0.4, -0.2) is 31.9 Å². The highest BCUT2D eigenvalue weighted by atomic mass is 16.7. The van der Waals surface area contributed by atoms with Gasteiger partial charge in [0.2, 0.25) is 0 Å². The van der Waals surface area contributed by atoms with E-state index in [0.29, 0.717) is 0 Å². The van der Waals surface area contributed by atoms with Gasteiger partial charge in [0.05, 0.1) is 11.2 Å². The Morgan fingerprint density at radius 2 is 1.68 bits per heavy atom. The maximum absolute atomic E-state index is 6.08. The molecule has 0 unspecified atom stereocenters. The summed E-state index contributed by atoms with van der Waals surface area (Å²) in [5.41, 5.74) is 1.69. The van der Waals surface area contributed by atoms with Gasteiger partial charge in [-0.1, -0.05) is 12.1 Å². The Kier molecular flexibility index (Phi) is 3.67. The molecule has 1 heterocycles. The Labute approximate surface area is 117 Å². The van der Waals surface area contributed by atoms with Gasteiger partial charge in [-0.2, -0.15) is 0 Å². The third kappa shape index (κ3) is 2.65. The zero-order chi connectivity index (χ0) is 14.3. The molecular formula is C15H24BNO2. The molecule has 0 spiro atoms. The number of rotatable bonds is 3. The first kappa shape index (κ1) is 14.4. The van der Waals surface area contributed by atoms with Crippen LogP contribution in [0.4, 0.5) is 5.69 Å². The smallest absolute Gasteiger partial charge is 0.399 e. The van der Waals surface area contributed by atoms with Crippen LogP contribution in [0.5, 0.6) is 0 Å². The molecule has 4 heteroatoms. The van der Waals surface area contributed by atoms with Crippen molar-refractivity contribution >= 4 is 18.3 Å². The highest BCUT2D eigenvalue weighted by Gasteiger charge is 2.51. The monoisotopic (exact) mass is 261 g/mol. The molecule has 19 heavy (non-hydrogen) atoms. The molecule has 1 aliphatic rings. The fraction of sp³-hybridized carbons (Fsp3) is 0.600. The minimum Gasteiger partial charge on any atom is -0.399 e. The average molecular weight is 261 g/mol. The van der Waals surface area contributed by atoms with Gasteiger partial charge in [-0.05, 0) is 52.2 Å². The maximum Gasteiger partial charge on any atom is 0.494 e. The van der Waals surface area contributed by atoms with Gasteiger partial charge in [0, 0.05) is 19.3 Å². The summed E-state index contributed by atoms with van der Waals surface area (Å²) < 4.78 is 12.2. The fourth-order valence-electron chi connectivity index (χ4n) is 2.07. The average Bonchev–Trinajstić information content (AvgIpc) is 2.58. The van der Waals surface area contributed by atoms with E-state index < -0.39 is 0 Å². The predicted octanol–water partition coefficient (Wildman–Crippen LogP) is 2.44.